The zero-order valence-corrected chi connectivity index (χ0v) is 19.3. The number of aromatic nitrogens is 1. The number of benzene rings is 2. The van der Waals surface area contributed by atoms with Gasteiger partial charge in [-0.2, -0.15) is 0 Å². The van der Waals surface area contributed by atoms with Crippen molar-refractivity contribution in [3.63, 3.8) is 0 Å². The number of carbonyl (C=O) groups is 3. The fourth-order valence-corrected chi connectivity index (χ4v) is 4.48. The SMILES string of the molecule is CC(C)OC(=O)CN1C(=O)S/C(=C/c2cn(Cc3ccc([N+](=O)[O-])cc3)c3ccccc23)C1=O. The molecule has 0 spiro atoms. The molecule has 2 amide bonds. The number of thioether (sulfide) groups is 1. The van der Waals surface area contributed by atoms with Crippen molar-refractivity contribution in [3.8, 4) is 0 Å². The third kappa shape index (κ3) is 4.86. The molecule has 1 saturated heterocycles. The van der Waals surface area contributed by atoms with Crippen LogP contribution < -0.4 is 0 Å². The molecule has 0 atom stereocenters. The maximum Gasteiger partial charge on any atom is 0.326 e. The first-order valence-electron chi connectivity index (χ1n) is 10.5. The van der Waals surface area contributed by atoms with Gasteiger partial charge in [-0.15, -0.1) is 0 Å². The predicted molar refractivity (Wildman–Crippen MR) is 128 cm³/mol. The Morgan fingerprint density at radius 1 is 1.15 bits per heavy atom. The van der Waals surface area contributed by atoms with E-state index in [0.717, 1.165) is 38.7 Å². The van der Waals surface area contributed by atoms with E-state index in [0.29, 0.717) is 6.54 Å². The number of nitro benzene ring substituents is 1. The van der Waals surface area contributed by atoms with Crippen LogP contribution in [-0.2, 0) is 20.9 Å². The van der Waals surface area contributed by atoms with Gasteiger partial charge >= 0.3 is 5.97 Å². The Morgan fingerprint density at radius 3 is 2.53 bits per heavy atom. The Hall–Kier alpha value is -3.92. The normalized spacial score (nSPS) is 15.0. The Kier molecular flexibility index (Phi) is 6.51. The number of imide groups is 1. The van der Waals surface area contributed by atoms with Crippen LogP contribution in [0.25, 0.3) is 17.0 Å². The fraction of sp³-hybridized carbons (Fsp3) is 0.208. The van der Waals surface area contributed by atoms with Crippen LogP contribution in [0.4, 0.5) is 10.5 Å². The van der Waals surface area contributed by atoms with E-state index in [4.69, 9.17) is 4.74 Å². The number of fused-ring (bicyclic) bond motifs is 1. The molecule has 0 aliphatic carbocycles. The fourth-order valence-electron chi connectivity index (χ4n) is 3.65. The third-order valence-electron chi connectivity index (χ3n) is 5.13. The number of nitro groups is 1. The second-order valence-corrected chi connectivity index (χ2v) is 8.95. The number of esters is 1. The highest BCUT2D eigenvalue weighted by Gasteiger charge is 2.37. The highest BCUT2D eigenvalue weighted by molar-refractivity contribution is 8.18. The average molecular weight is 480 g/mol. The Balaban J connectivity index is 1.61. The predicted octanol–water partition coefficient (Wildman–Crippen LogP) is 4.59. The van der Waals surface area contributed by atoms with Gasteiger partial charge in [0.1, 0.15) is 6.54 Å². The Morgan fingerprint density at radius 2 is 1.85 bits per heavy atom. The van der Waals surface area contributed by atoms with Gasteiger partial charge in [-0.3, -0.25) is 29.4 Å². The Labute approximate surface area is 199 Å². The summed E-state index contributed by atoms with van der Waals surface area (Å²) in [6, 6.07) is 14.0. The Bertz CT molecular complexity index is 1330. The molecule has 0 unspecified atom stereocenters. The largest absolute Gasteiger partial charge is 0.462 e. The first kappa shape index (κ1) is 23.2. The first-order valence-corrected chi connectivity index (χ1v) is 11.3. The van der Waals surface area contributed by atoms with Crippen molar-refractivity contribution in [2.45, 2.75) is 26.5 Å². The van der Waals surface area contributed by atoms with Crippen LogP contribution in [0, 0.1) is 10.1 Å². The zero-order valence-electron chi connectivity index (χ0n) is 18.5. The summed E-state index contributed by atoms with van der Waals surface area (Å²) in [5, 5.41) is 11.3. The lowest BCUT2D eigenvalue weighted by molar-refractivity contribution is -0.384. The lowest BCUT2D eigenvalue weighted by Gasteiger charge is -2.13. The van der Waals surface area contributed by atoms with Crippen molar-refractivity contribution >= 4 is 51.5 Å². The number of rotatable bonds is 7. The van der Waals surface area contributed by atoms with Crippen LogP contribution in [0.2, 0.25) is 0 Å². The van der Waals surface area contributed by atoms with Gasteiger partial charge in [0.25, 0.3) is 16.8 Å². The molecule has 1 aliphatic rings. The molecule has 0 N–H and O–H groups in total. The van der Waals surface area contributed by atoms with Crippen LogP contribution in [-0.4, -0.2) is 44.2 Å². The number of carbonyl (C=O) groups excluding carboxylic acids is 3. The van der Waals surface area contributed by atoms with E-state index in [9.17, 15) is 24.5 Å². The smallest absolute Gasteiger partial charge is 0.326 e. The molecule has 10 heteroatoms. The number of non-ortho nitro benzene ring substituents is 1. The van der Waals surface area contributed by atoms with Crippen molar-refractivity contribution in [1.82, 2.24) is 9.47 Å². The molecule has 2 aromatic carbocycles. The molecule has 174 valence electrons. The molecule has 1 fully saturated rings. The van der Waals surface area contributed by atoms with Crippen LogP contribution in [0.15, 0.2) is 59.6 Å². The van der Waals surface area contributed by atoms with Crippen LogP contribution in [0.3, 0.4) is 0 Å². The molecule has 0 saturated carbocycles. The van der Waals surface area contributed by atoms with Crippen molar-refractivity contribution in [1.29, 1.82) is 0 Å². The average Bonchev–Trinajstić information content (AvgIpc) is 3.26. The van der Waals surface area contributed by atoms with Gasteiger partial charge < -0.3 is 9.30 Å². The molecule has 1 aliphatic heterocycles. The summed E-state index contributed by atoms with van der Waals surface area (Å²) in [4.78, 5) is 48.7. The van der Waals surface area contributed by atoms with Gasteiger partial charge in [0.15, 0.2) is 0 Å². The number of amides is 2. The highest BCUT2D eigenvalue weighted by atomic mass is 32.2. The summed E-state index contributed by atoms with van der Waals surface area (Å²) >= 11 is 0.781. The second kappa shape index (κ2) is 9.52. The molecule has 34 heavy (non-hydrogen) atoms. The maximum absolute atomic E-state index is 12.8. The quantitative estimate of drug-likeness (QED) is 0.211. The summed E-state index contributed by atoms with van der Waals surface area (Å²) in [5.74, 6) is -1.18. The van der Waals surface area contributed by atoms with Gasteiger partial charge in [0, 0.05) is 41.3 Å². The van der Waals surface area contributed by atoms with Crippen molar-refractivity contribution in [2.75, 3.05) is 6.54 Å². The number of ether oxygens (including phenoxy) is 1. The standard InChI is InChI=1S/C24H21N3O6S/c1-15(2)33-22(28)14-26-23(29)21(34-24(26)30)11-17-13-25(20-6-4-3-5-19(17)20)12-16-7-9-18(10-8-16)27(31)32/h3-11,13,15H,12,14H2,1-2H3/b21-11+. The minimum atomic E-state index is -0.641. The summed E-state index contributed by atoms with van der Waals surface area (Å²) in [5.41, 5.74) is 2.55. The van der Waals surface area contributed by atoms with E-state index >= 15 is 0 Å². The number of hydrogen-bond acceptors (Lipinski definition) is 7. The summed E-state index contributed by atoms with van der Waals surface area (Å²) in [6.45, 7) is 3.42. The van der Waals surface area contributed by atoms with Crippen LogP contribution in [0.1, 0.15) is 25.0 Å². The minimum Gasteiger partial charge on any atom is -0.462 e. The molecule has 0 bridgehead atoms. The van der Waals surface area contributed by atoms with Crippen molar-refractivity contribution in [2.24, 2.45) is 0 Å². The summed E-state index contributed by atoms with van der Waals surface area (Å²) in [6.07, 6.45) is 3.17. The lowest BCUT2D eigenvalue weighted by atomic mass is 10.1. The van der Waals surface area contributed by atoms with Crippen LogP contribution in [0.5, 0.6) is 0 Å². The first-order chi connectivity index (χ1) is 16.2. The highest BCUT2D eigenvalue weighted by Crippen LogP contribution is 2.34. The van der Waals surface area contributed by atoms with Crippen LogP contribution >= 0.6 is 11.8 Å². The second-order valence-electron chi connectivity index (χ2n) is 7.96. The maximum atomic E-state index is 12.8. The van der Waals surface area contributed by atoms with E-state index < -0.39 is 28.6 Å². The third-order valence-corrected chi connectivity index (χ3v) is 6.04. The van der Waals surface area contributed by atoms with Gasteiger partial charge in [-0.1, -0.05) is 30.3 Å². The molecular weight excluding hydrogens is 458 g/mol. The molecule has 1 aromatic heterocycles. The van der Waals surface area contributed by atoms with Crippen molar-refractivity contribution in [3.05, 3.63) is 80.9 Å². The van der Waals surface area contributed by atoms with Gasteiger partial charge in [-0.25, -0.2) is 0 Å². The molecule has 3 aromatic rings. The van der Waals surface area contributed by atoms with E-state index in [1.807, 2.05) is 35.0 Å². The van der Waals surface area contributed by atoms with E-state index in [2.05, 4.69) is 0 Å². The lowest BCUT2D eigenvalue weighted by Crippen LogP contribution is -2.35. The van der Waals surface area contributed by atoms with E-state index in [1.54, 1.807) is 32.1 Å². The summed E-state index contributed by atoms with van der Waals surface area (Å²) < 4.78 is 7.02. The number of hydrogen-bond donors (Lipinski definition) is 0. The van der Waals surface area contributed by atoms with Gasteiger partial charge in [0.2, 0.25) is 0 Å². The minimum absolute atomic E-state index is 0.0230. The topological polar surface area (TPSA) is 112 Å². The molecular formula is C24H21N3O6S. The zero-order chi connectivity index (χ0) is 24.4. The number of para-hydroxylation sites is 1. The van der Waals surface area contributed by atoms with E-state index in [-0.39, 0.29) is 16.7 Å². The molecule has 2 heterocycles. The summed E-state index contributed by atoms with van der Waals surface area (Å²) in [7, 11) is 0. The molecule has 4 rings (SSSR count). The molecule has 9 nitrogen and oxygen atoms in total. The molecule has 0 radical (unpaired) electrons. The van der Waals surface area contributed by atoms with Crippen molar-refractivity contribution < 1.29 is 24.0 Å². The number of nitrogens with zero attached hydrogens (tertiary/aromatic N) is 3. The van der Waals surface area contributed by atoms with Gasteiger partial charge in [-0.05, 0) is 43.3 Å². The monoisotopic (exact) mass is 479 g/mol. The van der Waals surface area contributed by atoms with Gasteiger partial charge in [0.05, 0.1) is 15.9 Å². The van der Waals surface area contributed by atoms with E-state index in [1.165, 1.54) is 12.1 Å².